The highest BCUT2D eigenvalue weighted by molar-refractivity contribution is 5.91. The van der Waals surface area contributed by atoms with Gasteiger partial charge < -0.3 is 24.2 Å². The quantitative estimate of drug-likeness (QED) is 0.251. The van der Waals surface area contributed by atoms with Crippen LogP contribution in [0.15, 0.2) is 127 Å². The van der Waals surface area contributed by atoms with Crippen molar-refractivity contribution in [1.29, 1.82) is 0 Å². The number of aromatic hydroxyl groups is 1. The van der Waals surface area contributed by atoms with Crippen molar-refractivity contribution in [3.05, 3.63) is 127 Å². The average molecular weight is 504 g/mol. The zero-order chi connectivity index (χ0) is 25.7. The lowest BCUT2D eigenvalue weighted by atomic mass is 10.0. The second-order valence-electron chi connectivity index (χ2n) is 9.39. The number of piperidine rings is 1. The Hall–Kier alpha value is -4.64. The van der Waals surface area contributed by atoms with E-state index < -0.39 is 0 Å². The number of ether oxygens (including phenoxy) is 3. The van der Waals surface area contributed by atoms with Gasteiger partial charge in [0, 0.05) is 23.9 Å². The second-order valence-corrected chi connectivity index (χ2v) is 9.39. The van der Waals surface area contributed by atoms with Crippen LogP contribution < -0.4 is 19.1 Å². The largest absolute Gasteiger partial charge is 0.507 e. The molecule has 1 heterocycles. The van der Waals surface area contributed by atoms with Crippen molar-refractivity contribution in [2.75, 3.05) is 4.90 Å². The first-order chi connectivity index (χ1) is 18.7. The van der Waals surface area contributed by atoms with Crippen LogP contribution >= 0.6 is 0 Å². The number of hydrogen-bond donors (Lipinski definition) is 1. The molecule has 38 heavy (non-hydrogen) atoms. The zero-order valence-corrected chi connectivity index (χ0v) is 20.9. The third-order valence-electron chi connectivity index (χ3n) is 6.77. The zero-order valence-electron chi connectivity index (χ0n) is 20.9. The van der Waals surface area contributed by atoms with Crippen LogP contribution in [0.5, 0.6) is 23.0 Å². The van der Waals surface area contributed by atoms with Crippen molar-refractivity contribution in [3.8, 4) is 23.0 Å². The lowest BCUT2D eigenvalue weighted by Gasteiger charge is -2.45. The van der Waals surface area contributed by atoms with Crippen LogP contribution in [-0.2, 0) is 0 Å². The summed E-state index contributed by atoms with van der Waals surface area (Å²) in [6, 6.07) is 41.1. The van der Waals surface area contributed by atoms with E-state index in [1.807, 2.05) is 115 Å². The van der Waals surface area contributed by atoms with Gasteiger partial charge in [0.1, 0.15) is 29.1 Å². The minimum Gasteiger partial charge on any atom is -0.507 e. The molecule has 1 N–H and O–H groups in total. The normalized spacial score (nSPS) is 19.2. The molecular formula is C33H29NO4. The molecule has 5 nitrogen and oxygen atoms in total. The molecule has 1 aliphatic rings. The number of hydrogen-bond acceptors (Lipinski definition) is 5. The standard InChI is InChI=1S/C33H29NO4/c35-31-18-10-11-24-19-20-25(21-30(24)31)34-32(37-27-14-6-2-7-15-27)22-29(36-26-12-4-1-5-13-26)23-33(34)38-28-16-8-3-9-17-28/h1-21,29,32-33,35H,22-23H2. The van der Waals surface area contributed by atoms with Crippen LogP contribution in [0.25, 0.3) is 10.8 Å². The summed E-state index contributed by atoms with van der Waals surface area (Å²) in [5, 5.41) is 12.4. The Morgan fingerprint density at radius 3 is 1.63 bits per heavy atom. The van der Waals surface area contributed by atoms with E-state index in [4.69, 9.17) is 14.2 Å². The number of fused-ring (bicyclic) bond motifs is 1. The van der Waals surface area contributed by atoms with Gasteiger partial charge >= 0.3 is 0 Å². The molecule has 6 rings (SSSR count). The Labute approximate surface area is 222 Å². The van der Waals surface area contributed by atoms with E-state index >= 15 is 0 Å². The Bertz CT molecular complexity index is 1430. The van der Waals surface area contributed by atoms with E-state index in [9.17, 15) is 5.11 Å². The molecule has 2 atom stereocenters. The minimum absolute atomic E-state index is 0.134. The topological polar surface area (TPSA) is 51.2 Å². The third-order valence-corrected chi connectivity index (χ3v) is 6.77. The minimum atomic E-state index is -0.378. The van der Waals surface area contributed by atoms with Crippen LogP contribution in [0.2, 0.25) is 0 Å². The first-order valence-corrected chi connectivity index (χ1v) is 12.9. The smallest absolute Gasteiger partial charge is 0.178 e. The maximum Gasteiger partial charge on any atom is 0.178 e. The molecule has 5 aromatic rings. The van der Waals surface area contributed by atoms with Gasteiger partial charge in [-0.15, -0.1) is 0 Å². The number of para-hydroxylation sites is 3. The summed E-state index contributed by atoms with van der Waals surface area (Å²) in [4.78, 5) is 2.16. The molecule has 190 valence electrons. The molecule has 5 aromatic carbocycles. The van der Waals surface area contributed by atoms with Crippen molar-refractivity contribution in [2.24, 2.45) is 0 Å². The summed E-state index contributed by atoms with van der Waals surface area (Å²) >= 11 is 0. The Morgan fingerprint density at radius 2 is 1.08 bits per heavy atom. The Kier molecular flexibility index (Phi) is 6.73. The van der Waals surface area contributed by atoms with Crippen molar-refractivity contribution < 1.29 is 19.3 Å². The molecule has 1 fully saturated rings. The van der Waals surface area contributed by atoms with Crippen molar-refractivity contribution in [3.63, 3.8) is 0 Å². The fourth-order valence-electron chi connectivity index (χ4n) is 5.01. The van der Waals surface area contributed by atoms with Crippen LogP contribution in [0.1, 0.15) is 12.8 Å². The van der Waals surface area contributed by atoms with E-state index in [0.29, 0.717) is 12.8 Å². The maximum atomic E-state index is 10.6. The summed E-state index contributed by atoms with van der Waals surface area (Å²) in [5.41, 5.74) is 0.902. The Morgan fingerprint density at radius 1 is 0.553 bits per heavy atom. The number of phenolic OH excluding ortho intramolecular Hbond substituents is 1. The molecule has 1 saturated heterocycles. The molecule has 1 aliphatic heterocycles. The molecule has 0 radical (unpaired) electrons. The lowest BCUT2D eigenvalue weighted by Crippen LogP contribution is -2.57. The predicted molar refractivity (Wildman–Crippen MR) is 150 cm³/mol. The summed E-state index contributed by atoms with van der Waals surface area (Å²) < 4.78 is 19.6. The molecular weight excluding hydrogens is 474 g/mol. The van der Waals surface area contributed by atoms with E-state index in [1.165, 1.54) is 0 Å². The molecule has 0 amide bonds. The van der Waals surface area contributed by atoms with Crippen LogP contribution in [0.3, 0.4) is 0 Å². The second kappa shape index (κ2) is 10.8. The van der Waals surface area contributed by atoms with Gasteiger partial charge in [0.25, 0.3) is 0 Å². The highest BCUT2D eigenvalue weighted by Gasteiger charge is 2.40. The summed E-state index contributed by atoms with van der Waals surface area (Å²) in [5.74, 6) is 2.60. The third kappa shape index (κ3) is 5.23. The first kappa shape index (κ1) is 23.7. The maximum absolute atomic E-state index is 10.6. The number of phenols is 1. The molecule has 0 spiro atoms. The number of anilines is 1. The van der Waals surface area contributed by atoms with Crippen LogP contribution in [-0.4, -0.2) is 23.7 Å². The predicted octanol–water partition coefficient (Wildman–Crippen LogP) is 7.40. The molecule has 0 saturated carbocycles. The van der Waals surface area contributed by atoms with Crippen LogP contribution in [0, 0.1) is 0 Å². The van der Waals surface area contributed by atoms with Crippen LogP contribution in [0.4, 0.5) is 5.69 Å². The number of nitrogens with zero attached hydrogens (tertiary/aromatic N) is 1. The van der Waals surface area contributed by atoms with E-state index in [0.717, 1.165) is 33.7 Å². The fraction of sp³-hybridized carbons (Fsp3) is 0.152. The van der Waals surface area contributed by atoms with Gasteiger partial charge in [-0.05, 0) is 60.0 Å². The summed E-state index contributed by atoms with van der Waals surface area (Å²) in [7, 11) is 0. The van der Waals surface area contributed by atoms with Gasteiger partial charge in [-0.1, -0.05) is 72.8 Å². The average Bonchev–Trinajstić information content (AvgIpc) is 2.95. The highest BCUT2D eigenvalue weighted by atomic mass is 16.5. The van der Waals surface area contributed by atoms with E-state index in [2.05, 4.69) is 11.0 Å². The first-order valence-electron chi connectivity index (χ1n) is 12.9. The van der Waals surface area contributed by atoms with Crippen molar-refractivity contribution in [2.45, 2.75) is 31.4 Å². The van der Waals surface area contributed by atoms with Gasteiger partial charge in [-0.2, -0.15) is 0 Å². The van der Waals surface area contributed by atoms with E-state index in [1.54, 1.807) is 6.07 Å². The van der Waals surface area contributed by atoms with Gasteiger partial charge in [-0.3, -0.25) is 0 Å². The molecule has 0 aromatic heterocycles. The number of benzene rings is 5. The fourth-order valence-corrected chi connectivity index (χ4v) is 5.01. The lowest BCUT2D eigenvalue weighted by molar-refractivity contribution is 0.00754. The monoisotopic (exact) mass is 503 g/mol. The molecule has 0 bridgehead atoms. The Balaban J connectivity index is 1.41. The molecule has 2 unspecified atom stereocenters. The number of rotatable bonds is 7. The highest BCUT2D eigenvalue weighted by Crippen LogP contribution is 2.37. The van der Waals surface area contributed by atoms with E-state index in [-0.39, 0.29) is 24.3 Å². The SMILES string of the molecule is Oc1cccc2ccc(N3C(Oc4ccccc4)CC(Oc4ccccc4)CC3Oc3ccccc3)cc12. The molecule has 5 heteroatoms. The van der Waals surface area contributed by atoms with Gasteiger partial charge in [-0.25, -0.2) is 0 Å². The van der Waals surface area contributed by atoms with Gasteiger partial charge in [0.05, 0.1) is 0 Å². The van der Waals surface area contributed by atoms with Crippen molar-refractivity contribution >= 4 is 16.5 Å². The summed E-state index contributed by atoms with van der Waals surface area (Å²) in [6.45, 7) is 0. The molecule has 0 aliphatic carbocycles. The summed E-state index contributed by atoms with van der Waals surface area (Å²) in [6.07, 6.45) is 0.354. The van der Waals surface area contributed by atoms with Gasteiger partial charge in [0.2, 0.25) is 0 Å². The van der Waals surface area contributed by atoms with Crippen molar-refractivity contribution in [1.82, 2.24) is 0 Å². The van der Waals surface area contributed by atoms with Gasteiger partial charge in [0.15, 0.2) is 12.5 Å².